The van der Waals surface area contributed by atoms with E-state index >= 15 is 0 Å². The second kappa shape index (κ2) is 21.2. The van der Waals surface area contributed by atoms with E-state index in [0.717, 1.165) is 0 Å². The normalized spacial score (nSPS) is 10.7. The standard InChI is InChI=1S/C12H14O13.4Na.2H2O.4H/c13-5(14)1-11(24,9(20)21)4-8(19)25-12(10(22)23,2-6(15)16)3-7(17)18;;;;;;;;;;/h24H,1-4H2,(H,13,14)(H,15,16)(H,17,18)(H,20,21)(H,22,23);;;;;2*1H2;;;;. The van der Waals surface area contributed by atoms with E-state index in [0.29, 0.717) is 0 Å². The van der Waals surface area contributed by atoms with Crippen LogP contribution < -0.4 is 0 Å². The van der Waals surface area contributed by atoms with Crippen LogP contribution in [0.1, 0.15) is 25.7 Å². The van der Waals surface area contributed by atoms with Gasteiger partial charge in [-0.1, -0.05) is 0 Å². The second-order valence-corrected chi connectivity index (χ2v) is 5.00. The number of rotatable bonds is 11. The number of ether oxygens (including phenoxy) is 1. The summed E-state index contributed by atoms with van der Waals surface area (Å²) in [7, 11) is 0. The first-order valence-electron chi connectivity index (χ1n) is 6.30. The quantitative estimate of drug-likeness (QED) is 0.114. The van der Waals surface area contributed by atoms with Gasteiger partial charge in [0, 0.05) is 0 Å². The van der Waals surface area contributed by atoms with E-state index in [4.69, 9.17) is 25.5 Å². The molecule has 1 atom stereocenters. The van der Waals surface area contributed by atoms with E-state index in [1.165, 1.54) is 0 Å². The summed E-state index contributed by atoms with van der Waals surface area (Å²) in [4.78, 5) is 66.0. The Labute approximate surface area is 262 Å². The van der Waals surface area contributed by atoms with Gasteiger partial charge in [-0.2, -0.15) is 0 Å². The van der Waals surface area contributed by atoms with Gasteiger partial charge in [-0.15, -0.1) is 0 Å². The Balaban J connectivity index is -0.000000192. The Hall–Kier alpha value is 0.700. The molecular formula is C12H22Na4O15. The van der Waals surface area contributed by atoms with Crippen LogP contribution in [0.4, 0.5) is 0 Å². The van der Waals surface area contributed by atoms with Gasteiger partial charge >= 0.3 is 154 Å². The van der Waals surface area contributed by atoms with E-state index in [2.05, 4.69) is 4.74 Å². The first-order valence-corrected chi connectivity index (χ1v) is 6.30. The molecule has 15 nitrogen and oxygen atoms in total. The van der Waals surface area contributed by atoms with Crippen LogP contribution in [0, 0.1) is 0 Å². The summed E-state index contributed by atoms with van der Waals surface area (Å²) in [5.74, 6) is -11.6. The molecule has 0 aromatic carbocycles. The van der Waals surface area contributed by atoms with Crippen molar-refractivity contribution in [1.29, 1.82) is 0 Å². The first kappa shape index (κ1) is 49.0. The van der Waals surface area contributed by atoms with Crippen molar-refractivity contribution in [2.45, 2.75) is 36.9 Å². The third-order valence-corrected chi connectivity index (χ3v) is 2.85. The molecule has 0 aromatic heterocycles. The van der Waals surface area contributed by atoms with E-state index < -0.39 is 72.7 Å². The molecule has 0 radical (unpaired) electrons. The van der Waals surface area contributed by atoms with Crippen LogP contribution in [-0.2, 0) is 33.5 Å². The van der Waals surface area contributed by atoms with Gasteiger partial charge < -0.3 is 46.3 Å². The van der Waals surface area contributed by atoms with Gasteiger partial charge in [-0.05, 0) is 0 Å². The maximum absolute atomic E-state index is 11.7. The van der Waals surface area contributed by atoms with Crippen molar-refractivity contribution in [3.8, 4) is 0 Å². The van der Waals surface area contributed by atoms with E-state index in [1.54, 1.807) is 0 Å². The third kappa shape index (κ3) is 17.8. The van der Waals surface area contributed by atoms with Crippen LogP contribution >= 0.6 is 0 Å². The zero-order valence-electron chi connectivity index (χ0n) is 13.4. The Bertz CT molecular complexity index is 609. The number of carboxylic acid groups (broad SMARTS) is 5. The van der Waals surface area contributed by atoms with Crippen LogP contribution in [0.3, 0.4) is 0 Å². The number of esters is 1. The number of aliphatic carboxylic acids is 5. The molecule has 19 heteroatoms. The number of aliphatic hydroxyl groups is 1. The summed E-state index contributed by atoms with van der Waals surface area (Å²) in [6, 6.07) is 0. The summed E-state index contributed by atoms with van der Waals surface area (Å²) in [6.07, 6.45) is -5.94. The van der Waals surface area contributed by atoms with Crippen molar-refractivity contribution in [2.75, 3.05) is 0 Å². The molecule has 31 heavy (non-hydrogen) atoms. The van der Waals surface area contributed by atoms with Crippen molar-refractivity contribution < 1.29 is 75.1 Å². The number of hydrogen-bond donors (Lipinski definition) is 6. The number of carbonyl (C=O) groups excluding carboxylic acids is 1. The van der Waals surface area contributed by atoms with Crippen LogP contribution in [0.25, 0.3) is 0 Å². The predicted molar refractivity (Wildman–Crippen MR) is 106 cm³/mol. The molecule has 0 spiro atoms. The molecule has 0 rings (SSSR count). The fraction of sp³-hybridized carbons (Fsp3) is 0.500. The van der Waals surface area contributed by atoms with Gasteiger partial charge in [0.1, 0.15) is 0 Å². The fourth-order valence-corrected chi connectivity index (χ4v) is 1.77. The molecule has 0 aliphatic heterocycles. The molecule has 0 saturated carbocycles. The Kier molecular flexibility index (Phi) is 33.6. The molecule has 1 unspecified atom stereocenters. The minimum absolute atomic E-state index is 0. The molecule has 10 N–H and O–H groups in total. The van der Waals surface area contributed by atoms with Gasteiger partial charge in [0.25, 0.3) is 0 Å². The molecule has 0 aromatic rings. The third-order valence-electron chi connectivity index (χ3n) is 2.85. The Morgan fingerprint density at radius 2 is 0.903 bits per heavy atom. The summed E-state index contributed by atoms with van der Waals surface area (Å²) in [5, 5.41) is 53.5. The van der Waals surface area contributed by atoms with Gasteiger partial charge in [-0.3, -0.25) is 19.2 Å². The van der Waals surface area contributed by atoms with E-state index in [1.807, 2.05) is 0 Å². The molecule has 0 aliphatic rings. The molecule has 0 aliphatic carbocycles. The zero-order chi connectivity index (χ0) is 20.0. The molecule has 0 fully saturated rings. The molecule has 0 bridgehead atoms. The number of hydrogen-bond acceptors (Lipinski definition) is 8. The predicted octanol–water partition coefficient (Wildman–Crippen LogP) is -6.26. The fourth-order valence-electron chi connectivity index (χ4n) is 1.77. The maximum atomic E-state index is 11.7. The topological polar surface area (TPSA) is 296 Å². The van der Waals surface area contributed by atoms with E-state index in [-0.39, 0.29) is 129 Å². The van der Waals surface area contributed by atoms with Gasteiger partial charge in [0.2, 0.25) is 5.60 Å². The van der Waals surface area contributed by atoms with Crippen molar-refractivity contribution in [3.63, 3.8) is 0 Å². The van der Waals surface area contributed by atoms with Crippen molar-refractivity contribution in [3.05, 3.63) is 0 Å². The Morgan fingerprint density at radius 3 is 1.13 bits per heavy atom. The summed E-state index contributed by atoms with van der Waals surface area (Å²) >= 11 is 0. The molecular weight excluding hydrogens is 476 g/mol. The first-order chi connectivity index (χ1) is 11.2. The molecule has 0 heterocycles. The van der Waals surface area contributed by atoms with Gasteiger partial charge in [0.05, 0.1) is 25.7 Å². The van der Waals surface area contributed by atoms with Crippen LogP contribution in [0.15, 0.2) is 0 Å². The average molecular weight is 498 g/mol. The summed E-state index contributed by atoms with van der Waals surface area (Å²) in [6.45, 7) is 0. The summed E-state index contributed by atoms with van der Waals surface area (Å²) in [5.41, 5.74) is -6.24. The van der Waals surface area contributed by atoms with Crippen molar-refractivity contribution in [2.24, 2.45) is 0 Å². The van der Waals surface area contributed by atoms with E-state index in [9.17, 15) is 33.9 Å². The SMILES string of the molecule is O.O.O=C(O)CC(O)(CC(=O)OC(CC(=O)O)(CC(=O)O)C(=O)O)C(=O)O.[NaH].[NaH].[NaH].[NaH]. The van der Waals surface area contributed by atoms with Crippen molar-refractivity contribution >= 4 is 154 Å². The Morgan fingerprint density at radius 1 is 0.581 bits per heavy atom. The van der Waals surface area contributed by atoms with Crippen molar-refractivity contribution in [1.82, 2.24) is 0 Å². The number of carbonyl (C=O) groups is 6. The number of carboxylic acids is 5. The molecule has 164 valence electrons. The van der Waals surface area contributed by atoms with Gasteiger partial charge in [-0.25, -0.2) is 9.59 Å². The van der Waals surface area contributed by atoms with Crippen LogP contribution in [-0.4, -0.2) is 207 Å². The zero-order valence-corrected chi connectivity index (χ0v) is 13.4. The molecule has 0 amide bonds. The average Bonchev–Trinajstić information content (AvgIpc) is 2.34. The monoisotopic (exact) mass is 498 g/mol. The second-order valence-electron chi connectivity index (χ2n) is 5.00. The summed E-state index contributed by atoms with van der Waals surface area (Å²) < 4.78 is 4.33. The van der Waals surface area contributed by atoms with Crippen LogP contribution in [0.2, 0.25) is 0 Å². The molecule has 0 saturated heterocycles. The van der Waals surface area contributed by atoms with Crippen LogP contribution in [0.5, 0.6) is 0 Å². The minimum atomic E-state index is -3.17. The van der Waals surface area contributed by atoms with Gasteiger partial charge in [0.15, 0.2) is 5.60 Å².